The second kappa shape index (κ2) is 5.39. The summed E-state index contributed by atoms with van der Waals surface area (Å²) in [7, 11) is 1.66. The molecule has 1 saturated carbocycles. The Balaban J connectivity index is 1.40. The second-order valence-corrected chi connectivity index (χ2v) is 5.46. The molecule has 2 fully saturated rings. The van der Waals surface area contributed by atoms with Gasteiger partial charge in [0.15, 0.2) is 0 Å². The Bertz CT molecular complexity index is 425. The Kier molecular flexibility index (Phi) is 3.62. The third-order valence-corrected chi connectivity index (χ3v) is 4.38. The monoisotopic (exact) mass is 263 g/mol. The van der Waals surface area contributed by atoms with Crippen molar-refractivity contribution in [3.63, 3.8) is 0 Å². The average molecular weight is 263 g/mol. The van der Waals surface area contributed by atoms with E-state index in [1.54, 1.807) is 7.11 Å². The number of hydrogen-bond donors (Lipinski definition) is 1. The maximum absolute atomic E-state index is 9.12. The highest BCUT2D eigenvalue weighted by Gasteiger charge is 2.54. The molecule has 0 aromatic heterocycles. The smallest absolute Gasteiger partial charge is 0.123 e. The fourth-order valence-electron chi connectivity index (χ4n) is 3.17. The molecule has 1 saturated heterocycles. The number of fused-ring (bicyclic) bond motifs is 1. The van der Waals surface area contributed by atoms with Gasteiger partial charge in [-0.25, -0.2) is 0 Å². The van der Waals surface area contributed by atoms with Gasteiger partial charge in [-0.2, -0.15) is 0 Å². The molecule has 1 aromatic carbocycles. The molecule has 104 valence electrons. The van der Waals surface area contributed by atoms with Crippen LogP contribution in [0.15, 0.2) is 24.3 Å². The molecule has 19 heavy (non-hydrogen) atoms. The van der Waals surface area contributed by atoms with Crippen molar-refractivity contribution in [2.45, 2.75) is 0 Å². The molecule has 0 radical (unpaired) electrons. The first kappa shape index (κ1) is 12.8. The molecule has 1 N–H and O–H groups in total. The van der Waals surface area contributed by atoms with Crippen molar-refractivity contribution in [1.82, 2.24) is 4.90 Å². The molecule has 3 rings (SSSR count). The van der Waals surface area contributed by atoms with Gasteiger partial charge in [-0.05, 0) is 29.9 Å². The first-order valence-corrected chi connectivity index (χ1v) is 6.92. The van der Waals surface area contributed by atoms with Gasteiger partial charge in [0.1, 0.15) is 18.1 Å². The van der Waals surface area contributed by atoms with E-state index in [1.807, 2.05) is 24.3 Å². The van der Waals surface area contributed by atoms with Gasteiger partial charge in [0.05, 0.1) is 7.11 Å². The molecule has 1 aromatic rings. The van der Waals surface area contributed by atoms with E-state index < -0.39 is 0 Å². The van der Waals surface area contributed by atoms with Crippen LogP contribution in [0.2, 0.25) is 0 Å². The van der Waals surface area contributed by atoms with E-state index in [4.69, 9.17) is 14.6 Å². The number of methoxy groups -OCH3 is 1. The summed E-state index contributed by atoms with van der Waals surface area (Å²) in [6.07, 6.45) is 0. The largest absolute Gasteiger partial charge is 0.497 e. The van der Waals surface area contributed by atoms with Crippen LogP contribution < -0.4 is 9.47 Å². The highest BCUT2D eigenvalue weighted by molar-refractivity contribution is 5.32. The van der Waals surface area contributed by atoms with Crippen LogP contribution in [-0.2, 0) is 0 Å². The van der Waals surface area contributed by atoms with Gasteiger partial charge in [-0.3, -0.25) is 4.90 Å². The van der Waals surface area contributed by atoms with Crippen LogP contribution in [0, 0.1) is 17.8 Å². The third kappa shape index (κ3) is 2.69. The molecule has 4 nitrogen and oxygen atoms in total. The van der Waals surface area contributed by atoms with Crippen molar-refractivity contribution < 1.29 is 14.6 Å². The topological polar surface area (TPSA) is 41.9 Å². The zero-order chi connectivity index (χ0) is 13.2. The zero-order valence-corrected chi connectivity index (χ0v) is 11.3. The Morgan fingerprint density at radius 2 is 2.00 bits per heavy atom. The van der Waals surface area contributed by atoms with E-state index in [9.17, 15) is 0 Å². The van der Waals surface area contributed by atoms with Gasteiger partial charge >= 0.3 is 0 Å². The first-order valence-electron chi connectivity index (χ1n) is 6.92. The number of likely N-dealkylation sites (tertiary alicyclic amines) is 1. The van der Waals surface area contributed by atoms with E-state index in [0.717, 1.165) is 43.0 Å². The maximum Gasteiger partial charge on any atom is 0.123 e. The van der Waals surface area contributed by atoms with Crippen molar-refractivity contribution in [1.29, 1.82) is 0 Å². The fraction of sp³-hybridized carbons (Fsp3) is 0.600. The standard InChI is InChI=1S/C15H21NO3/c1-18-11-3-2-4-12(7-11)19-6-5-16-8-13-14(9-16)15(13)10-17/h2-4,7,13-15,17H,5-6,8-10H2,1H3/t13-,14+,15?. The molecule has 3 atom stereocenters. The van der Waals surface area contributed by atoms with Gasteiger partial charge in [-0.1, -0.05) is 6.07 Å². The van der Waals surface area contributed by atoms with Crippen LogP contribution >= 0.6 is 0 Å². The van der Waals surface area contributed by atoms with Crippen LogP contribution in [0.4, 0.5) is 0 Å². The molecule has 1 heterocycles. The van der Waals surface area contributed by atoms with Crippen molar-refractivity contribution >= 4 is 0 Å². The lowest BCUT2D eigenvalue weighted by molar-refractivity contribution is 0.194. The van der Waals surface area contributed by atoms with Crippen molar-refractivity contribution in [3.8, 4) is 11.5 Å². The Morgan fingerprint density at radius 1 is 1.26 bits per heavy atom. The molecular formula is C15H21NO3. The van der Waals surface area contributed by atoms with E-state index in [2.05, 4.69) is 4.90 Å². The zero-order valence-electron chi connectivity index (χ0n) is 11.3. The van der Waals surface area contributed by atoms with Crippen LogP contribution in [0.5, 0.6) is 11.5 Å². The van der Waals surface area contributed by atoms with Crippen molar-refractivity contribution in [2.75, 3.05) is 40.0 Å². The average Bonchev–Trinajstić information content (AvgIpc) is 2.92. The molecule has 1 aliphatic heterocycles. The summed E-state index contributed by atoms with van der Waals surface area (Å²) < 4.78 is 10.9. The van der Waals surface area contributed by atoms with Crippen LogP contribution in [0.1, 0.15) is 0 Å². The number of piperidine rings is 1. The predicted molar refractivity (Wildman–Crippen MR) is 72.5 cm³/mol. The number of nitrogens with zero attached hydrogens (tertiary/aromatic N) is 1. The highest BCUT2D eigenvalue weighted by atomic mass is 16.5. The highest BCUT2D eigenvalue weighted by Crippen LogP contribution is 2.51. The van der Waals surface area contributed by atoms with Gasteiger partial charge in [0, 0.05) is 32.3 Å². The summed E-state index contributed by atoms with van der Waals surface area (Å²) in [5.74, 6) is 3.74. The first-order chi connectivity index (χ1) is 9.31. The number of rotatable bonds is 6. The molecule has 0 bridgehead atoms. The van der Waals surface area contributed by atoms with Gasteiger partial charge < -0.3 is 14.6 Å². The third-order valence-electron chi connectivity index (χ3n) is 4.38. The fourth-order valence-corrected chi connectivity index (χ4v) is 3.17. The number of hydrogen-bond acceptors (Lipinski definition) is 4. The molecule has 4 heteroatoms. The molecule has 0 spiro atoms. The lowest BCUT2D eigenvalue weighted by Crippen LogP contribution is -2.29. The van der Waals surface area contributed by atoms with Crippen molar-refractivity contribution in [3.05, 3.63) is 24.3 Å². The minimum Gasteiger partial charge on any atom is -0.497 e. The molecule has 1 aliphatic carbocycles. The van der Waals surface area contributed by atoms with Gasteiger partial charge in [-0.15, -0.1) is 0 Å². The molecule has 0 amide bonds. The summed E-state index contributed by atoms with van der Waals surface area (Å²) >= 11 is 0. The van der Waals surface area contributed by atoms with Gasteiger partial charge in [0.2, 0.25) is 0 Å². The van der Waals surface area contributed by atoms with Gasteiger partial charge in [0.25, 0.3) is 0 Å². The summed E-state index contributed by atoms with van der Waals surface area (Å²) in [6, 6.07) is 7.70. The minimum absolute atomic E-state index is 0.365. The van der Waals surface area contributed by atoms with Crippen LogP contribution in [-0.4, -0.2) is 50.0 Å². The summed E-state index contributed by atoms with van der Waals surface area (Å²) in [5.41, 5.74) is 0. The Morgan fingerprint density at radius 3 is 2.68 bits per heavy atom. The lowest BCUT2D eigenvalue weighted by Gasteiger charge is -2.19. The van der Waals surface area contributed by atoms with Crippen LogP contribution in [0.25, 0.3) is 0 Å². The molecular weight excluding hydrogens is 242 g/mol. The number of aliphatic hydroxyl groups excluding tert-OH is 1. The lowest BCUT2D eigenvalue weighted by atomic mass is 10.3. The second-order valence-electron chi connectivity index (χ2n) is 5.46. The molecule has 2 aliphatic rings. The minimum atomic E-state index is 0.365. The van der Waals surface area contributed by atoms with E-state index in [-0.39, 0.29) is 0 Å². The number of ether oxygens (including phenoxy) is 2. The van der Waals surface area contributed by atoms with Crippen molar-refractivity contribution in [2.24, 2.45) is 17.8 Å². The predicted octanol–water partition coefficient (Wildman–Crippen LogP) is 1.24. The summed E-state index contributed by atoms with van der Waals surface area (Å²) in [6.45, 7) is 4.27. The number of benzene rings is 1. The maximum atomic E-state index is 9.12. The SMILES string of the molecule is COc1cccc(OCCN2C[C@@H]3C(CO)[C@@H]3C2)c1. The van der Waals surface area contributed by atoms with E-state index in [0.29, 0.717) is 19.1 Å². The Hall–Kier alpha value is -1.26. The number of aliphatic hydroxyl groups is 1. The van der Waals surface area contributed by atoms with E-state index >= 15 is 0 Å². The normalized spacial score (nSPS) is 29.1. The van der Waals surface area contributed by atoms with Crippen LogP contribution in [0.3, 0.4) is 0 Å². The Labute approximate surface area is 113 Å². The summed E-state index contributed by atoms with van der Waals surface area (Å²) in [5, 5.41) is 9.12. The quantitative estimate of drug-likeness (QED) is 0.838. The van der Waals surface area contributed by atoms with E-state index in [1.165, 1.54) is 0 Å². The summed E-state index contributed by atoms with van der Waals surface area (Å²) in [4.78, 5) is 2.43. The molecule has 1 unspecified atom stereocenters.